The molecule has 3 rings (SSSR count). The number of ketones is 1. The van der Waals surface area contributed by atoms with Gasteiger partial charge in [0.05, 0.1) is 19.9 Å². The number of rotatable bonds is 5. The third kappa shape index (κ3) is 2.42. The van der Waals surface area contributed by atoms with Crippen molar-refractivity contribution in [2.45, 2.75) is 6.92 Å². The van der Waals surface area contributed by atoms with E-state index < -0.39 is 0 Å². The molecule has 0 aliphatic heterocycles. The van der Waals surface area contributed by atoms with Crippen molar-refractivity contribution in [3.05, 3.63) is 22.5 Å². The first-order chi connectivity index (χ1) is 9.69. The quantitative estimate of drug-likeness (QED) is 0.725. The van der Waals surface area contributed by atoms with Gasteiger partial charge in [-0.3, -0.25) is 4.79 Å². The smallest absolute Gasteiger partial charge is 0.195 e. The number of benzene rings is 1. The van der Waals surface area contributed by atoms with Crippen LogP contribution in [0.5, 0.6) is 5.75 Å². The van der Waals surface area contributed by atoms with E-state index >= 15 is 0 Å². The van der Waals surface area contributed by atoms with E-state index in [-0.39, 0.29) is 19.0 Å². The van der Waals surface area contributed by atoms with Crippen molar-refractivity contribution in [2.75, 3.05) is 20.3 Å². The summed E-state index contributed by atoms with van der Waals surface area (Å²) in [7, 11) is 1.50. The first-order valence-corrected chi connectivity index (χ1v) is 7.79. The first kappa shape index (κ1) is 13.5. The summed E-state index contributed by atoms with van der Waals surface area (Å²) in [5.74, 6) is 0.665. The van der Waals surface area contributed by atoms with Gasteiger partial charge in [-0.1, -0.05) is 0 Å². The number of methoxy groups -OCH3 is 1. The van der Waals surface area contributed by atoms with Gasteiger partial charge in [0, 0.05) is 18.6 Å². The fraction of sp³-hybridized carbons (Fsp3) is 0.286. The largest absolute Gasteiger partial charge is 0.485 e. The summed E-state index contributed by atoms with van der Waals surface area (Å²) in [5.41, 5.74) is 1.02. The van der Waals surface area contributed by atoms with Crippen molar-refractivity contribution in [1.82, 2.24) is 4.98 Å². The summed E-state index contributed by atoms with van der Waals surface area (Å²) >= 11 is 3.28. The van der Waals surface area contributed by atoms with E-state index in [0.29, 0.717) is 0 Å². The zero-order valence-corrected chi connectivity index (χ0v) is 12.8. The van der Waals surface area contributed by atoms with Gasteiger partial charge in [-0.25, -0.2) is 4.98 Å². The van der Waals surface area contributed by atoms with Crippen LogP contribution in [0.1, 0.15) is 5.01 Å². The number of thiophene rings is 1. The molecule has 1 aromatic carbocycles. The Morgan fingerprint density at radius 2 is 2.25 bits per heavy atom. The van der Waals surface area contributed by atoms with Gasteiger partial charge in [-0.2, -0.15) is 0 Å². The number of fused-ring (bicyclic) bond motifs is 3. The zero-order valence-electron chi connectivity index (χ0n) is 11.1. The number of hydrogen-bond donors (Lipinski definition) is 0. The van der Waals surface area contributed by atoms with Crippen molar-refractivity contribution in [3.8, 4) is 5.75 Å². The molecular weight excluding hydrogens is 294 g/mol. The molecular formula is C14H13NO3S2. The number of ether oxygens (including phenoxy) is 2. The van der Waals surface area contributed by atoms with E-state index in [1.807, 2.05) is 24.4 Å². The standard InChI is InChI=1S/C14H13NO3S2/c1-8-15-13-12(20-8)5-11(10-3-4-19-14(10)13)18-7-9(16)6-17-2/h3-5H,6-7H2,1-2H3. The Labute approximate surface area is 124 Å². The Kier molecular flexibility index (Phi) is 3.69. The number of aryl methyl sites for hydroxylation is 1. The van der Waals surface area contributed by atoms with Crippen LogP contribution >= 0.6 is 22.7 Å². The molecule has 0 spiro atoms. The minimum Gasteiger partial charge on any atom is -0.485 e. The third-order valence-electron chi connectivity index (χ3n) is 2.86. The second-order valence-corrected chi connectivity index (χ2v) is 6.53. The van der Waals surface area contributed by atoms with E-state index in [0.717, 1.165) is 31.1 Å². The van der Waals surface area contributed by atoms with Crippen molar-refractivity contribution in [2.24, 2.45) is 0 Å². The number of Topliss-reactive ketones (excluding diaryl/α,β-unsaturated/α-hetero) is 1. The fourth-order valence-electron chi connectivity index (χ4n) is 2.07. The average molecular weight is 307 g/mol. The lowest BCUT2D eigenvalue weighted by Crippen LogP contribution is -2.16. The lowest BCUT2D eigenvalue weighted by Gasteiger charge is -2.07. The number of nitrogens with zero attached hydrogens (tertiary/aromatic N) is 1. The minimum absolute atomic E-state index is 0.0298. The lowest BCUT2D eigenvalue weighted by molar-refractivity contribution is -0.124. The molecule has 0 bridgehead atoms. The monoisotopic (exact) mass is 307 g/mol. The topological polar surface area (TPSA) is 48.4 Å². The van der Waals surface area contributed by atoms with E-state index in [2.05, 4.69) is 4.98 Å². The minimum atomic E-state index is -0.0727. The highest BCUT2D eigenvalue weighted by Crippen LogP contribution is 2.38. The molecule has 0 fully saturated rings. The SMILES string of the molecule is COCC(=O)COc1cc2sc(C)nc2c2sccc12. The van der Waals surface area contributed by atoms with Crippen LogP contribution in [0.15, 0.2) is 17.5 Å². The number of thiazole rings is 1. The van der Waals surface area contributed by atoms with Crippen LogP contribution in [0.3, 0.4) is 0 Å². The maximum absolute atomic E-state index is 11.5. The van der Waals surface area contributed by atoms with Gasteiger partial charge >= 0.3 is 0 Å². The molecule has 0 unspecified atom stereocenters. The van der Waals surface area contributed by atoms with Crippen LogP contribution in [-0.4, -0.2) is 31.1 Å². The van der Waals surface area contributed by atoms with Crippen molar-refractivity contribution in [1.29, 1.82) is 0 Å². The summed E-state index contributed by atoms with van der Waals surface area (Å²) in [5, 5.41) is 4.06. The van der Waals surface area contributed by atoms with Crippen LogP contribution in [0.2, 0.25) is 0 Å². The molecule has 6 heteroatoms. The Balaban J connectivity index is 2.00. The van der Waals surface area contributed by atoms with E-state index in [9.17, 15) is 4.79 Å². The molecule has 0 atom stereocenters. The number of carbonyl (C=O) groups is 1. The van der Waals surface area contributed by atoms with Gasteiger partial charge in [0.25, 0.3) is 0 Å². The van der Waals surface area contributed by atoms with Gasteiger partial charge in [0.15, 0.2) is 5.78 Å². The normalized spacial score (nSPS) is 11.3. The Morgan fingerprint density at radius 3 is 3.05 bits per heavy atom. The molecule has 0 saturated carbocycles. The molecule has 0 saturated heterocycles. The highest BCUT2D eigenvalue weighted by atomic mass is 32.1. The molecule has 2 heterocycles. The van der Waals surface area contributed by atoms with Crippen LogP contribution in [0.25, 0.3) is 20.3 Å². The molecule has 0 radical (unpaired) electrons. The summed E-state index contributed by atoms with van der Waals surface area (Å²) in [6.07, 6.45) is 0. The van der Waals surface area contributed by atoms with Gasteiger partial charge in [-0.05, 0) is 18.4 Å². The van der Waals surface area contributed by atoms with E-state index in [4.69, 9.17) is 9.47 Å². The summed E-state index contributed by atoms with van der Waals surface area (Å²) in [4.78, 5) is 16.1. The second-order valence-electron chi connectivity index (χ2n) is 4.38. The number of hydrogen-bond acceptors (Lipinski definition) is 6. The third-order valence-corrected chi connectivity index (χ3v) is 4.70. The van der Waals surface area contributed by atoms with Gasteiger partial charge in [0.2, 0.25) is 0 Å². The van der Waals surface area contributed by atoms with Crippen LogP contribution in [0.4, 0.5) is 0 Å². The molecule has 2 aromatic heterocycles. The molecule has 3 aromatic rings. The Morgan fingerprint density at radius 1 is 1.40 bits per heavy atom. The van der Waals surface area contributed by atoms with E-state index in [1.54, 1.807) is 22.7 Å². The van der Waals surface area contributed by atoms with Crippen molar-refractivity contribution < 1.29 is 14.3 Å². The second kappa shape index (κ2) is 5.47. The van der Waals surface area contributed by atoms with Crippen LogP contribution in [0, 0.1) is 6.92 Å². The Bertz CT molecular complexity index is 775. The average Bonchev–Trinajstić information content (AvgIpc) is 3.01. The van der Waals surface area contributed by atoms with Crippen LogP contribution < -0.4 is 4.74 Å². The maximum Gasteiger partial charge on any atom is 0.195 e. The molecule has 4 nitrogen and oxygen atoms in total. The maximum atomic E-state index is 11.5. The predicted molar refractivity (Wildman–Crippen MR) is 82.1 cm³/mol. The number of aromatic nitrogens is 1. The molecule has 0 N–H and O–H groups in total. The Hall–Kier alpha value is -1.50. The van der Waals surface area contributed by atoms with Gasteiger partial charge < -0.3 is 9.47 Å². The molecule has 0 aliphatic carbocycles. The zero-order chi connectivity index (χ0) is 14.1. The van der Waals surface area contributed by atoms with Crippen LogP contribution in [-0.2, 0) is 9.53 Å². The van der Waals surface area contributed by atoms with Gasteiger partial charge in [0.1, 0.15) is 19.0 Å². The molecule has 104 valence electrons. The lowest BCUT2D eigenvalue weighted by atomic mass is 10.2. The van der Waals surface area contributed by atoms with Gasteiger partial charge in [-0.15, -0.1) is 22.7 Å². The first-order valence-electron chi connectivity index (χ1n) is 6.10. The van der Waals surface area contributed by atoms with Crippen molar-refractivity contribution in [3.63, 3.8) is 0 Å². The number of carbonyl (C=O) groups excluding carboxylic acids is 1. The molecule has 20 heavy (non-hydrogen) atoms. The summed E-state index contributed by atoms with van der Waals surface area (Å²) in [6, 6.07) is 3.97. The summed E-state index contributed by atoms with van der Waals surface area (Å²) in [6.45, 7) is 2.10. The fourth-order valence-corrected chi connectivity index (χ4v) is 3.90. The molecule has 0 amide bonds. The highest BCUT2D eigenvalue weighted by molar-refractivity contribution is 7.21. The van der Waals surface area contributed by atoms with Crippen molar-refractivity contribution >= 4 is 48.8 Å². The molecule has 0 aliphatic rings. The van der Waals surface area contributed by atoms with E-state index in [1.165, 1.54) is 7.11 Å². The summed E-state index contributed by atoms with van der Waals surface area (Å²) < 4.78 is 12.7. The highest BCUT2D eigenvalue weighted by Gasteiger charge is 2.13. The predicted octanol–water partition coefficient (Wildman–Crippen LogP) is 3.41.